The summed E-state index contributed by atoms with van der Waals surface area (Å²) in [7, 11) is 0. The monoisotopic (exact) mass is 303 g/mol. The Morgan fingerprint density at radius 1 is 1.14 bits per heavy atom. The first-order chi connectivity index (χ1) is 10.5. The van der Waals surface area contributed by atoms with Gasteiger partial charge in [-0.25, -0.2) is 9.18 Å². The highest BCUT2D eigenvalue weighted by atomic mass is 19.1. The minimum atomic E-state index is -0.920. The maximum Gasteiger partial charge on any atom is 0.318 e. The lowest BCUT2D eigenvalue weighted by Crippen LogP contribution is -2.38. The third kappa shape index (κ3) is 4.48. The fraction of sp³-hybridized carbons (Fsp3) is 0.0667. The lowest BCUT2D eigenvalue weighted by atomic mass is 10.3. The molecule has 0 fully saturated rings. The normalized spacial score (nSPS) is 9.86. The minimum absolute atomic E-state index is 0.160. The van der Waals surface area contributed by atoms with Crippen molar-refractivity contribution in [2.75, 3.05) is 11.9 Å². The highest BCUT2D eigenvalue weighted by molar-refractivity contribution is 5.95. The Bertz CT molecular complexity index is 691. The molecule has 0 heterocycles. The molecule has 0 spiro atoms. The number of carbonyl (C=O) groups is 2. The van der Waals surface area contributed by atoms with E-state index in [9.17, 15) is 14.0 Å². The van der Waals surface area contributed by atoms with Crippen LogP contribution in [0.4, 0.5) is 14.9 Å². The minimum Gasteiger partial charge on any atom is -0.455 e. The van der Waals surface area contributed by atoms with Crippen molar-refractivity contribution in [2.24, 2.45) is 5.73 Å². The average molecular weight is 303 g/mol. The molecule has 0 aliphatic rings. The number of urea groups is 1. The van der Waals surface area contributed by atoms with Crippen LogP contribution in [-0.4, -0.2) is 18.5 Å². The van der Waals surface area contributed by atoms with E-state index in [1.165, 1.54) is 18.2 Å². The van der Waals surface area contributed by atoms with Crippen LogP contribution in [0.2, 0.25) is 0 Å². The van der Waals surface area contributed by atoms with Gasteiger partial charge in [-0.3, -0.25) is 10.1 Å². The summed E-state index contributed by atoms with van der Waals surface area (Å²) in [6, 6.07) is 11.6. The van der Waals surface area contributed by atoms with E-state index >= 15 is 0 Å². The first-order valence-corrected chi connectivity index (χ1v) is 6.40. The molecule has 0 aliphatic carbocycles. The maximum atomic E-state index is 13.2. The van der Waals surface area contributed by atoms with Crippen LogP contribution in [0.5, 0.6) is 11.5 Å². The highest BCUT2D eigenvalue weighted by Gasteiger charge is 2.08. The molecular formula is C15H14FN3O3. The number of rotatable bonds is 5. The third-order valence-corrected chi connectivity index (χ3v) is 2.61. The van der Waals surface area contributed by atoms with Gasteiger partial charge in [-0.15, -0.1) is 0 Å². The predicted octanol–water partition coefficient (Wildman–Crippen LogP) is 2.22. The molecule has 0 aromatic heterocycles. The molecule has 0 aliphatic heterocycles. The number of benzene rings is 2. The number of carbonyl (C=O) groups excluding carboxylic acids is 2. The van der Waals surface area contributed by atoms with Crippen molar-refractivity contribution < 1.29 is 18.7 Å². The summed E-state index contributed by atoms with van der Waals surface area (Å²) in [6.45, 7) is -0.160. The average Bonchev–Trinajstić information content (AvgIpc) is 2.46. The molecule has 0 bridgehead atoms. The van der Waals surface area contributed by atoms with E-state index in [0.29, 0.717) is 17.2 Å². The van der Waals surface area contributed by atoms with Crippen LogP contribution in [0.3, 0.4) is 0 Å². The van der Waals surface area contributed by atoms with Crippen molar-refractivity contribution in [3.8, 4) is 11.5 Å². The fourth-order valence-corrected chi connectivity index (χ4v) is 1.72. The van der Waals surface area contributed by atoms with Gasteiger partial charge in [-0.1, -0.05) is 18.2 Å². The summed E-state index contributed by atoms with van der Waals surface area (Å²) in [5.74, 6) is -0.243. The first-order valence-electron chi connectivity index (χ1n) is 6.40. The lowest BCUT2D eigenvalue weighted by Gasteiger charge is -2.12. The Labute approximate surface area is 126 Å². The van der Waals surface area contributed by atoms with Gasteiger partial charge in [-0.2, -0.15) is 0 Å². The van der Waals surface area contributed by atoms with E-state index in [-0.39, 0.29) is 6.54 Å². The number of para-hydroxylation sites is 2. The number of nitrogens with two attached hydrogens (primary N) is 1. The molecule has 2 aromatic rings. The summed E-state index contributed by atoms with van der Waals surface area (Å²) in [5, 5.41) is 4.75. The van der Waals surface area contributed by atoms with Gasteiger partial charge in [0.1, 0.15) is 11.6 Å². The number of imide groups is 1. The van der Waals surface area contributed by atoms with Crippen LogP contribution in [0.25, 0.3) is 0 Å². The predicted molar refractivity (Wildman–Crippen MR) is 79.1 cm³/mol. The number of primary amides is 1. The van der Waals surface area contributed by atoms with Crippen molar-refractivity contribution in [3.05, 3.63) is 54.3 Å². The molecule has 6 nitrogen and oxygen atoms in total. The van der Waals surface area contributed by atoms with Gasteiger partial charge in [-0.05, 0) is 24.3 Å². The van der Waals surface area contributed by atoms with Gasteiger partial charge in [0, 0.05) is 6.07 Å². The van der Waals surface area contributed by atoms with Crippen LogP contribution in [-0.2, 0) is 4.79 Å². The van der Waals surface area contributed by atoms with Crippen LogP contribution in [0.1, 0.15) is 0 Å². The lowest BCUT2D eigenvalue weighted by molar-refractivity contribution is -0.118. The summed E-state index contributed by atoms with van der Waals surface area (Å²) in [5.41, 5.74) is 5.37. The van der Waals surface area contributed by atoms with Gasteiger partial charge in [0.25, 0.3) is 0 Å². The second-order valence-corrected chi connectivity index (χ2v) is 4.32. The van der Waals surface area contributed by atoms with E-state index in [0.717, 1.165) is 0 Å². The number of hydrogen-bond acceptors (Lipinski definition) is 4. The topological polar surface area (TPSA) is 93.5 Å². The number of halogens is 1. The summed E-state index contributed by atoms with van der Waals surface area (Å²) >= 11 is 0. The summed E-state index contributed by atoms with van der Waals surface area (Å²) in [6.07, 6.45) is 0. The summed E-state index contributed by atoms with van der Waals surface area (Å²) < 4.78 is 18.7. The molecule has 114 valence electrons. The molecule has 7 heteroatoms. The van der Waals surface area contributed by atoms with E-state index in [1.807, 2.05) is 5.32 Å². The van der Waals surface area contributed by atoms with Crippen molar-refractivity contribution >= 4 is 17.6 Å². The van der Waals surface area contributed by atoms with Crippen LogP contribution in [0, 0.1) is 5.82 Å². The molecule has 0 saturated heterocycles. The van der Waals surface area contributed by atoms with Crippen LogP contribution >= 0.6 is 0 Å². The first kappa shape index (κ1) is 15.3. The van der Waals surface area contributed by atoms with Crippen molar-refractivity contribution in [1.29, 1.82) is 0 Å². The zero-order valence-electron chi connectivity index (χ0n) is 11.5. The van der Waals surface area contributed by atoms with Gasteiger partial charge in [0.05, 0.1) is 12.2 Å². The zero-order valence-corrected chi connectivity index (χ0v) is 11.5. The van der Waals surface area contributed by atoms with Crippen molar-refractivity contribution in [2.45, 2.75) is 0 Å². The van der Waals surface area contributed by atoms with Crippen LogP contribution < -0.4 is 21.1 Å². The van der Waals surface area contributed by atoms with Crippen molar-refractivity contribution in [1.82, 2.24) is 5.32 Å². The molecule has 2 rings (SSSR count). The Hall–Kier alpha value is -3.09. The van der Waals surface area contributed by atoms with Crippen molar-refractivity contribution in [3.63, 3.8) is 0 Å². The second-order valence-electron chi connectivity index (χ2n) is 4.32. The third-order valence-electron chi connectivity index (χ3n) is 2.61. The molecule has 0 saturated carbocycles. The molecule has 3 amide bonds. The molecule has 0 atom stereocenters. The Morgan fingerprint density at radius 2 is 1.91 bits per heavy atom. The zero-order chi connectivity index (χ0) is 15.9. The van der Waals surface area contributed by atoms with E-state index in [4.69, 9.17) is 10.5 Å². The molecule has 0 radical (unpaired) electrons. The molecule has 0 unspecified atom stereocenters. The van der Waals surface area contributed by atoms with Crippen LogP contribution in [0.15, 0.2) is 48.5 Å². The number of anilines is 1. The maximum absolute atomic E-state index is 13.2. The number of amides is 3. The summed E-state index contributed by atoms with van der Waals surface area (Å²) in [4.78, 5) is 21.9. The molecule has 4 N–H and O–H groups in total. The largest absolute Gasteiger partial charge is 0.455 e. The number of hydrogen-bond donors (Lipinski definition) is 3. The second kappa shape index (κ2) is 7.07. The highest BCUT2D eigenvalue weighted by Crippen LogP contribution is 2.29. The van der Waals surface area contributed by atoms with Gasteiger partial charge in [0.15, 0.2) is 5.75 Å². The van der Waals surface area contributed by atoms with Gasteiger partial charge >= 0.3 is 6.03 Å². The van der Waals surface area contributed by atoms with E-state index in [2.05, 4.69) is 5.32 Å². The number of nitrogens with one attached hydrogen (secondary N) is 2. The Morgan fingerprint density at radius 3 is 2.64 bits per heavy atom. The SMILES string of the molecule is NC(=O)NC(=O)CNc1ccccc1Oc1cccc(F)c1. The Balaban J connectivity index is 2.06. The van der Waals surface area contributed by atoms with E-state index < -0.39 is 17.8 Å². The quantitative estimate of drug-likeness (QED) is 0.789. The molecule has 22 heavy (non-hydrogen) atoms. The standard InChI is InChI=1S/C15H14FN3O3/c16-10-4-3-5-11(8-10)22-13-7-2-1-6-12(13)18-9-14(20)19-15(17)21/h1-8,18H,9H2,(H3,17,19,20,21). The van der Waals surface area contributed by atoms with Gasteiger partial charge in [0.2, 0.25) is 5.91 Å². The fourth-order valence-electron chi connectivity index (χ4n) is 1.72. The smallest absolute Gasteiger partial charge is 0.318 e. The molecular weight excluding hydrogens is 289 g/mol. The molecule has 2 aromatic carbocycles. The number of ether oxygens (including phenoxy) is 1. The Kier molecular flexibility index (Phi) is 4.92. The van der Waals surface area contributed by atoms with Gasteiger partial charge < -0.3 is 15.8 Å². The van der Waals surface area contributed by atoms with E-state index in [1.54, 1.807) is 30.3 Å².